The van der Waals surface area contributed by atoms with E-state index in [0.29, 0.717) is 29.6 Å². The van der Waals surface area contributed by atoms with Gasteiger partial charge < -0.3 is 25.4 Å². The van der Waals surface area contributed by atoms with E-state index < -0.39 is 0 Å². The molecule has 1 aliphatic rings. The first-order valence-electron chi connectivity index (χ1n) is 7.67. The van der Waals surface area contributed by atoms with Crippen LogP contribution in [0.3, 0.4) is 0 Å². The van der Waals surface area contributed by atoms with Crippen molar-refractivity contribution in [1.29, 1.82) is 0 Å². The van der Waals surface area contributed by atoms with Crippen LogP contribution in [-0.2, 0) is 4.79 Å². The number of nitrogens with one attached hydrogen (secondary N) is 3. The van der Waals surface area contributed by atoms with E-state index in [1.54, 1.807) is 18.2 Å². The van der Waals surface area contributed by atoms with Crippen LogP contribution < -0.4 is 25.4 Å². The Kier molecular flexibility index (Phi) is 6.22. The van der Waals surface area contributed by atoms with Crippen molar-refractivity contribution in [1.82, 2.24) is 16.0 Å². The Balaban J connectivity index is 1.96. The molecule has 23 heavy (non-hydrogen) atoms. The van der Waals surface area contributed by atoms with E-state index in [1.807, 2.05) is 0 Å². The summed E-state index contributed by atoms with van der Waals surface area (Å²) in [6.45, 7) is 1.51. The number of carbonyl (C=O) groups excluding carboxylic acids is 2. The van der Waals surface area contributed by atoms with E-state index >= 15 is 0 Å². The lowest BCUT2D eigenvalue weighted by molar-refractivity contribution is -0.122. The molecule has 1 fully saturated rings. The van der Waals surface area contributed by atoms with Crippen LogP contribution in [-0.4, -0.2) is 51.7 Å². The third-order valence-corrected chi connectivity index (χ3v) is 3.73. The third-order valence-electron chi connectivity index (χ3n) is 3.73. The maximum atomic E-state index is 12.2. The highest BCUT2D eigenvalue weighted by Gasteiger charge is 2.16. The van der Waals surface area contributed by atoms with Gasteiger partial charge in [0.2, 0.25) is 0 Å². The van der Waals surface area contributed by atoms with Crippen LogP contribution in [0.2, 0.25) is 0 Å². The zero-order valence-corrected chi connectivity index (χ0v) is 13.5. The smallest absolute Gasteiger partial charge is 0.257 e. The maximum Gasteiger partial charge on any atom is 0.257 e. The molecule has 1 aliphatic heterocycles. The molecule has 0 bridgehead atoms. The molecule has 1 heterocycles. The number of ether oxygens (including phenoxy) is 2. The lowest BCUT2D eigenvalue weighted by Gasteiger charge is -2.13. The van der Waals surface area contributed by atoms with E-state index in [1.165, 1.54) is 14.2 Å². The van der Waals surface area contributed by atoms with E-state index in [2.05, 4.69) is 16.0 Å². The minimum atomic E-state index is -0.238. The monoisotopic (exact) mass is 321 g/mol. The van der Waals surface area contributed by atoms with Crippen LogP contribution in [0.4, 0.5) is 0 Å². The Morgan fingerprint density at radius 3 is 2.83 bits per heavy atom. The fraction of sp³-hybridized carbons (Fsp3) is 0.500. The van der Waals surface area contributed by atoms with Gasteiger partial charge in [0.25, 0.3) is 11.8 Å². The average molecular weight is 321 g/mol. The van der Waals surface area contributed by atoms with Crippen molar-refractivity contribution in [2.45, 2.75) is 18.9 Å². The molecular weight excluding hydrogens is 298 g/mol. The SMILES string of the molecule is CNC(=O)COc1ccc(C(=O)NCC2CCCN2)cc1OC. The molecule has 2 rings (SSSR count). The zero-order valence-electron chi connectivity index (χ0n) is 13.5. The summed E-state index contributed by atoms with van der Waals surface area (Å²) in [6.07, 6.45) is 2.22. The highest BCUT2D eigenvalue weighted by molar-refractivity contribution is 5.94. The van der Waals surface area contributed by atoms with Crippen LogP contribution in [0.5, 0.6) is 11.5 Å². The molecule has 0 spiro atoms. The molecule has 2 amide bonds. The Morgan fingerprint density at radius 2 is 2.17 bits per heavy atom. The Labute approximate surface area is 135 Å². The summed E-state index contributed by atoms with van der Waals surface area (Å²) in [6, 6.07) is 5.23. The second-order valence-electron chi connectivity index (χ2n) is 5.33. The zero-order chi connectivity index (χ0) is 16.7. The summed E-state index contributed by atoms with van der Waals surface area (Å²) in [5, 5.41) is 8.71. The molecule has 3 N–H and O–H groups in total. The number of benzene rings is 1. The number of hydrogen-bond donors (Lipinski definition) is 3. The predicted octanol–water partition coefficient (Wildman–Crippen LogP) is 0.302. The number of rotatable bonds is 7. The molecular formula is C16H23N3O4. The van der Waals surface area contributed by atoms with Gasteiger partial charge in [0.1, 0.15) is 0 Å². The van der Waals surface area contributed by atoms with Gasteiger partial charge in [-0.2, -0.15) is 0 Å². The van der Waals surface area contributed by atoms with Crippen molar-refractivity contribution in [3.63, 3.8) is 0 Å². The van der Waals surface area contributed by atoms with Gasteiger partial charge in [-0.25, -0.2) is 0 Å². The first kappa shape index (κ1) is 17.1. The lowest BCUT2D eigenvalue weighted by Crippen LogP contribution is -2.37. The number of amides is 2. The highest BCUT2D eigenvalue weighted by atomic mass is 16.5. The van der Waals surface area contributed by atoms with Crippen LogP contribution in [0, 0.1) is 0 Å². The maximum absolute atomic E-state index is 12.2. The van der Waals surface area contributed by atoms with Crippen molar-refractivity contribution >= 4 is 11.8 Å². The fourth-order valence-electron chi connectivity index (χ4n) is 2.39. The number of carbonyl (C=O) groups is 2. The third kappa shape index (κ3) is 4.85. The number of likely N-dealkylation sites (N-methyl/N-ethyl adjacent to an activating group) is 1. The molecule has 1 atom stereocenters. The standard InChI is InChI=1S/C16H23N3O4/c1-17-15(20)10-23-13-6-5-11(8-14(13)22-2)16(21)19-9-12-4-3-7-18-12/h5-6,8,12,18H,3-4,7,9-10H2,1-2H3,(H,17,20)(H,19,21). The Hall–Kier alpha value is -2.28. The van der Waals surface area contributed by atoms with E-state index in [9.17, 15) is 9.59 Å². The first-order valence-corrected chi connectivity index (χ1v) is 7.67. The first-order chi connectivity index (χ1) is 11.1. The fourth-order valence-corrected chi connectivity index (χ4v) is 2.39. The molecule has 0 aromatic heterocycles. The molecule has 1 aromatic carbocycles. The van der Waals surface area contributed by atoms with Gasteiger partial charge >= 0.3 is 0 Å². The second kappa shape index (κ2) is 8.38. The van der Waals surface area contributed by atoms with Gasteiger partial charge in [0.15, 0.2) is 18.1 Å². The molecule has 0 saturated carbocycles. The molecule has 1 saturated heterocycles. The number of hydrogen-bond acceptors (Lipinski definition) is 5. The van der Waals surface area contributed by atoms with Gasteiger partial charge in [-0.05, 0) is 37.6 Å². The van der Waals surface area contributed by atoms with Crippen LogP contribution in [0.15, 0.2) is 18.2 Å². The van der Waals surface area contributed by atoms with Crippen LogP contribution >= 0.6 is 0 Å². The highest BCUT2D eigenvalue weighted by Crippen LogP contribution is 2.28. The van der Waals surface area contributed by atoms with E-state index in [0.717, 1.165) is 19.4 Å². The minimum absolute atomic E-state index is 0.105. The molecule has 0 radical (unpaired) electrons. The predicted molar refractivity (Wildman–Crippen MR) is 85.9 cm³/mol. The van der Waals surface area contributed by atoms with Gasteiger partial charge in [-0.3, -0.25) is 9.59 Å². The van der Waals surface area contributed by atoms with Crippen molar-refractivity contribution in [2.75, 3.05) is 33.9 Å². The normalized spacial score (nSPS) is 16.7. The summed E-state index contributed by atoms with van der Waals surface area (Å²) in [5.74, 6) is 0.443. The van der Waals surface area contributed by atoms with Gasteiger partial charge in [0, 0.05) is 25.2 Å². The minimum Gasteiger partial charge on any atom is -0.493 e. The molecule has 0 aliphatic carbocycles. The summed E-state index contributed by atoms with van der Waals surface area (Å²) < 4.78 is 10.6. The summed E-state index contributed by atoms with van der Waals surface area (Å²) >= 11 is 0. The quantitative estimate of drug-likeness (QED) is 0.672. The molecule has 1 unspecified atom stereocenters. The van der Waals surface area contributed by atoms with Gasteiger partial charge in [0.05, 0.1) is 7.11 Å². The van der Waals surface area contributed by atoms with E-state index in [-0.39, 0.29) is 18.4 Å². The van der Waals surface area contributed by atoms with Crippen molar-refractivity contribution < 1.29 is 19.1 Å². The molecule has 7 nitrogen and oxygen atoms in total. The average Bonchev–Trinajstić information content (AvgIpc) is 3.10. The molecule has 7 heteroatoms. The molecule has 126 valence electrons. The van der Waals surface area contributed by atoms with Gasteiger partial charge in [-0.15, -0.1) is 0 Å². The summed E-state index contributed by atoms with van der Waals surface area (Å²) in [4.78, 5) is 23.4. The van der Waals surface area contributed by atoms with Crippen molar-refractivity contribution in [2.24, 2.45) is 0 Å². The summed E-state index contributed by atoms with van der Waals surface area (Å²) in [5.41, 5.74) is 0.493. The second-order valence-corrected chi connectivity index (χ2v) is 5.33. The molecule has 1 aromatic rings. The van der Waals surface area contributed by atoms with E-state index in [4.69, 9.17) is 9.47 Å². The van der Waals surface area contributed by atoms with Crippen molar-refractivity contribution in [3.05, 3.63) is 23.8 Å². The Morgan fingerprint density at radius 1 is 1.35 bits per heavy atom. The number of methoxy groups -OCH3 is 1. The van der Waals surface area contributed by atoms with Crippen LogP contribution in [0.1, 0.15) is 23.2 Å². The van der Waals surface area contributed by atoms with Crippen LogP contribution in [0.25, 0.3) is 0 Å². The van der Waals surface area contributed by atoms with Crippen molar-refractivity contribution in [3.8, 4) is 11.5 Å². The van der Waals surface area contributed by atoms with Gasteiger partial charge in [-0.1, -0.05) is 0 Å². The summed E-state index contributed by atoms with van der Waals surface area (Å²) in [7, 11) is 3.03. The lowest BCUT2D eigenvalue weighted by atomic mass is 10.1. The largest absolute Gasteiger partial charge is 0.493 e. The Bertz CT molecular complexity index is 556. The topological polar surface area (TPSA) is 88.7 Å².